The summed E-state index contributed by atoms with van der Waals surface area (Å²) in [6.07, 6.45) is 3.89. The number of nitrogens with zero attached hydrogens (tertiary/aromatic N) is 2. The third-order valence-electron chi connectivity index (χ3n) is 2.76. The van der Waals surface area contributed by atoms with E-state index in [1.165, 1.54) is 12.1 Å². The number of aryl methyl sites for hydroxylation is 1. The zero-order valence-corrected chi connectivity index (χ0v) is 13.1. The molecule has 0 aliphatic heterocycles. The first-order chi connectivity index (χ1) is 9.40. The Morgan fingerprint density at radius 3 is 2.80 bits per heavy atom. The molecule has 0 spiro atoms. The Kier molecular flexibility index (Phi) is 4.56. The summed E-state index contributed by atoms with van der Waals surface area (Å²) in [7, 11) is -1.88. The topological polar surface area (TPSA) is 64.0 Å². The summed E-state index contributed by atoms with van der Waals surface area (Å²) in [5.41, 5.74) is 0. The predicted molar refractivity (Wildman–Crippen MR) is 76.2 cm³/mol. The van der Waals surface area contributed by atoms with E-state index >= 15 is 0 Å². The van der Waals surface area contributed by atoms with E-state index in [-0.39, 0.29) is 15.9 Å². The Morgan fingerprint density at radius 2 is 2.20 bits per heavy atom. The molecule has 2 rings (SSSR count). The van der Waals surface area contributed by atoms with Crippen molar-refractivity contribution < 1.29 is 12.8 Å². The number of imidazole rings is 1. The van der Waals surface area contributed by atoms with E-state index < -0.39 is 15.8 Å². The molecule has 0 amide bonds. The minimum Gasteiger partial charge on any atom is -0.338 e. The lowest BCUT2D eigenvalue weighted by Crippen LogP contribution is -2.26. The molecule has 0 atom stereocenters. The summed E-state index contributed by atoms with van der Waals surface area (Å²) < 4.78 is 41.8. The van der Waals surface area contributed by atoms with Gasteiger partial charge in [-0.05, 0) is 34.1 Å². The van der Waals surface area contributed by atoms with Gasteiger partial charge in [-0.3, -0.25) is 0 Å². The Balaban J connectivity index is 2.04. The normalized spacial score (nSPS) is 11.8. The van der Waals surface area contributed by atoms with E-state index in [2.05, 4.69) is 25.6 Å². The molecule has 1 aromatic heterocycles. The molecule has 108 valence electrons. The molecule has 0 saturated heterocycles. The molecule has 0 radical (unpaired) electrons. The van der Waals surface area contributed by atoms with Gasteiger partial charge in [0.1, 0.15) is 11.6 Å². The first-order valence-corrected chi connectivity index (χ1v) is 8.09. The molecule has 1 N–H and O–H groups in total. The van der Waals surface area contributed by atoms with Gasteiger partial charge < -0.3 is 4.57 Å². The van der Waals surface area contributed by atoms with E-state index in [1.807, 2.05) is 11.6 Å². The van der Waals surface area contributed by atoms with Gasteiger partial charge in [0, 0.05) is 32.4 Å². The van der Waals surface area contributed by atoms with Crippen molar-refractivity contribution in [1.82, 2.24) is 14.3 Å². The van der Waals surface area contributed by atoms with Gasteiger partial charge in [0.15, 0.2) is 0 Å². The number of hydrogen-bond donors (Lipinski definition) is 1. The molecule has 0 unspecified atom stereocenters. The molecule has 0 aliphatic rings. The van der Waals surface area contributed by atoms with Gasteiger partial charge in [-0.15, -0.1) is 0 Å². The van der Waals surface area contributed by atoms with Crippen molar-refractivity contribution in [2.75, 3.05) is 6.54 Å². The molecule has 0 fully saturated rings. The average Bonchev–Trinajstić information content (AvgIpc) is 2.78. The first-order valence-electron chi connectivity index (χ1n) is 5.81. The van der Waals surface area contributed by atoms with Crippen LogP contribution in [0.4, 0.5) is 4.39 Å². The van der Waals surface area contributed by atoms with Crippen LogP contribution in [0.1, 0.15) is 5.82 Å². The van der Waals surface area contributed by atoms with E-state index in [4.69, 9.17) is 0 Å². The zero-order valence-electron chi connectivity index (χ0n) is 10.7. The number of hydrogen-bond acceptors (Lipinski definition) is 3. The Morgan fingerprint density at radius 1 is 1.45 bits per heavy atom. The second-order valence-corrected chi connectivity index (χ2v) is 6.80. The van der Waals surface area contributed by atoms with Crippen molar-refractivity contribution in [2.24, 2.45) is 7.05 Å². The number of sulfonamides is 1. The Labute approximate surface area is 125 Å². The summed E-state index contributed by atoms with van der Waals surface area (Å²) in [5.74, 6) is 0.159. The average molecular weight is 362 g/mol. The Bertz CT molecular complexity index is 715. The highest BCUT2D eigenvalue weighted by Crippen LogP contribution is 2.19. The van der Waals surface area contributed by atoms with Gasteiger partial charge in [0.05, 0.1) is 9.37 Å². The van der Waals surface area contributed by atoms with E-state index in [1.54, 1.807) is 12.4 Å². The third-order valence-corrected chi connectivity index (χ3v) is 4.86. The van der Waals surface area contributed by atoms with Crippen LogP contribution in [0.25, 0.3) is 0 Å². The molecule has 0 bridgehead atoms. The van der Waals surface area contributed by atoms with Crippen LogP contribution in [0, 0.1) is 5.82 Å². The first kappa shape index (κ1) is 15.1. The number of aromatic nitrogens is 2. The van der Waals surface area contributed by atoms with Crippen molar-refractivity contribution in [2.45, 2.75) is 11.3 Å². The van der Waals surface area contributed by atoms with Gasteiger partial charge in [-0.2, -0.15) is 0 Å². The largest absolute Gasteiger partial charge is 0.338 e. The maximum absolute atomic E-state index is 13.4. The van der Waals surface area contributed by atoms with E-state index in [0.717, 1.165) is 11.9 Å². The van der Waals surface area contributed by atoms with Gasteiger partial charge >= 0.3 is 0 Å². The molecular weight excluding hydrogens is 349 g/mol. The molecule has 0 aliphatic carbocycles. The predicted octanol–water partition coefficient (Wildman–Crippen LogP) is 1.84. The molecule has 2 aromatic rings. The van der Waals surface area contributed by atoms with Crippen LogP contribution in [-0.4, -0.2) is 24.5 Å². The summed E-state index contributed by atoms with van der Waals surface area (Å²) in [5, 5.41) is 0. The van der Waals surface area contributed by atoms with Crippen LogP contribution < -0.4 is 4.72 Å². The Hall–Kier alpha value is -1.25. The maximum atomic E-state index is 13.4. The van der Waals surface area contributed by atoms with Gasteiger partial charge in [-0.25, -0.2) is 22.5 Å². The lowest BCUT2D eigenvalue weighted by molar-refractivity contribution is 0.575. The van der Waals surface area contributed by atoms with Crippen LogP contribution in [0.15, 0.2) is 40.0 Å². The fourth-order valence-corrected chi connectivity index (χ4v) is 2.95. The zero-order chi connectivity index (χ0) is 14.8. The van der Waals surface area contributed by atoms with Crippen LogP contribution in [-0.2, 0) is 23.5 Å². The summed E-state index contributed by atoms with van der Waals surface area (Å²) >= 11 is 2.98. The van der Waals surface area contributed by atoms with Crippen molar-refractivity contribution in [3.05, 3.63) is 46.7 Å². The summed E-state index contributed by atoms with van der Waals surface area (Å²) in [6.45, 7) is 0.199. The SMILES string of the molecule is Cn1ccnc1CCNS(=O)(=O)c1ccc(Br)c(F)c1. The quantitative estimate of drug-likeness (QED) is 0.883. The highest BCUT2D eigenvalue weighted by molar-refractivity contribution is 9.10. The fraction of sp³-hybridized carbons (Fsp3) is 0.250. The second kappa shape index (κ2) is 6.02. The van der Waals surface area contributed by atoms with Crippen molar-refractivity contribution in [1.29, 1.82) is 0 Å². The van der Waals surface area contributed by atoms with Gasteiger partial charge in [0.25, 0.3) is 0 Å². The van der Waals surface area contributed by atoms with Crippen molar-refractivity contribution in [3.8, 4) is 0 Å². The highest BCUT2D eigenvalue weighted by Gasteiger charge is 2.15. The van der Waals surface area contributed by atoms with Crippen LogP contribution in [0.3, 0.4) is 0 Å². The lowest BCUT2D eigenvalue weighted by atomic mass is 10.3. The van der Waals surface area contributed by atoms with Crippen molar-refractivity contribution in [3.63, 3.8) is 0 Å². The van der Waals surface area contributed by atoms with E-state index in [9.17, 15) is 12.8 Å². The molecule has 8 heteroatoms. The minimum atomic E-state index is -3.71. The number of rotatable bonds is 5. The maximum Gasteiger partial charge on any atom is 0.240 e. The molecule has 0 saturated carbocycles. The van der Waals surface area contributed by atoms with Crippen LogP contribution in [0.5, 0.6) is 0 Å². The molecule has 5 nitrogen and oxygen atoms in total. The summed E-state index contributed by atoms with van der Waals surface area (Å²) in [6, 6.07) is 3.69. The molecule has 1 aromatic carbocycles. The number of benzene rings is 1. The fourth-order valence-electron chi connectivity index (χ4n) is 1.66. The van der Waals surface area contributed by atoms with E-state index in [0.29, 0.717) is 6.42 Å². The second-order valence-electron chi connectivity index (χ2n) is 4.18. The van der Waals surface area contributed by atoms with Gasteiger partial charge in [-0.1, -0.05) is 0 Å². The number of nitrogens with one attached hydrogen (secondary N) is 1. The third kappa shape index (κ3) is 3.44. The number of halogens is 2. The minimum absolute atomic E-state index is 0.0990. The molecule has 20 heavy (non-hydrogen) atoms. The standard InChI is InChI=1S/C12H13BrFN3O2S/c1-17-7-6-15-12(17)4-5-16-20(18,19)9-2-3-10(13)11(14)8-9/h2-3,6-8,16H,4-5H2,1H3. The molecular formula is C12H13BrFN3O2S. The monoisotopic (exact) mass is 361 g/mol. The van der Waals surface area contributed by atoms with Crippen LogP contribution in [0.2, 0.25) is 0 Å². The van der Waals surface area contributed by atoms with Crippen molar-refractivity contribution >= 4 is 26.0 Å². The lowest BCUT2D eigenvalue weighted by Gasteiger charge is -2.07. The molecule has 1 heterocycles. The summed E-state index contributed by atoms with van der Waals surface area (Å²) in [4.78, 5) is 4.00. The van der Waals surface area contributed by atoms with Crippen LogP contribution >= 0.6 is 15.9 Å². The van der Waals surface area contributed by atoms with Gasteiger partial charge in [0.2, 0.25) is 10.0 Å². The highest BCUT2D eigenvalue weighted by atomic mass is 79.9. The smallest absolute Gasteiger partial charge is 0.240 e.